The standard InChI is InChI=1S/C22H23NO5S2/c1-18-8-14-22(15-9-18)29(24,25)17-20-10-12-21(13-11-20)28-30(26,27)23(2)16-19-6-4-3-5-7-19/h3-15H,16-17H2,1-2H3. The summed E-state index contributed by atoms with van der Waals surface area (Å²) < 4.78 is 56.3. The molecule has 0 bridgehead atoms. The van der Waals surface area contributed by atoms with Crippen molar-refractivity contribution in [2.24, 2.45) is 0 Å². The minimum absolute atomic E-state index is 0.117. The molecule has 3 aromatic carbocycles. The second-order valence-corrected chi connectivity index (χ2v) is 10.6. The second kappa shape index (κ2) is 8.99. The predicted molar refractivity (Wildman–Crippen MR) is 116 cm³/mol. The van der Waals surface area contributed by atoms with Gasteiger partial charge in [0.05, 0.1) is 10.6 Å². The van der Waals surface area contributed by atoms with Gasteiger partial charge in [0.1, 0.15) is 5.75 Å². The van der Waals surface area contributed by atoms with Gasteiger partial charge in [0.25, 0.3) is 0 Å². The normalized spacial score (nSPS) is 12.1. The molecule has 0 amide bonds. The van der Waals surface area contributed by atoms with Crippen molar-refractivity contribution in [1.29, 1.82) is 0 Å². The molecular weight excluding hydrogens is 422 g/mol. The first-order valence-corrected chi connectivity index (χ1v) is 12.3. The lowest BCUT2D eigenvalue weighted by Gasteiger charge is -2.17. The molecule has 0 spiro atoms. The lowest BCUT2D eigenvalue weighted by molar-refractivity contribution is 0.389. The minimum atomic E-state index is -3.99. The topological polar surface area (TPSA) is 80.8 Å². The number of nitrogens with zero attached hydrogens (tertiary/aromatic N) is 1. The fraction of sp³-hybridized carbons (Fsp3) is 0.182. The Hall–Kier alpha value is -2.68. The van der Waals surface area contributed by atoms with Crippen molar-refractivity contribution in [3.8, 4) is 5.75 Å². The van der Waals surface area contributed by atoms with E-state index < -0.39 is 20.1 Å². The van der Waals surface area contributed by atoms with Gasteiger partial charge in [-0.1, -0.05) is 60.2 Å². The van der Waals surface area contributed by atoms with Crippen LogP contribution in [-0.2, 0) is 32.4 Å². The number of sulfone groups is 1. The first-order chi connectivity index (χ1) is 14.2. The van der Waals surface area contributed by atoms with Crippen LogP contribution in [0, 0.1) is 6.92 Å². The van der Waals surface area contributed by atoms with Gasteiger partial charge < -0.3 is 4.18 Å². The summed E-state index contributed by atoms with van der Waals surface area (Å²) in [5.41, 5.74) is 2.36. The Morgan fingerprint density at radius 1 is 0.767 bits per heavy atom. The van der Waals surface area contributed by atoms with Gasteiger partial charge in [-0.3, -0.25) is 0 Å². The van der Waals surface area contributed by atoms with Crippen molar-refractivity contribution in [3.63, 3.8) is 0 Å². The fourth-order valence-electron chi connectivity index (χ4n) is 2.79. The first kappa shape index (κ1) is 22.0. The Morgan fingerprint density at radius 3 is 1.97 bits per heavy atom. The highest BCUT2D eigenvalue weighted by Gasteiger charge is 2.21. The van der Waals surface area contributed by atoms with Crippen molar-refractivity contribution < 1.29 is 21.0 Å². The van der Waals surface area contributed by atoms with E-state index >= 15 is 0 Å². The van der Waals surface area contributed by atoms with Gasteiger partial charge in [0.2, 0.25) is 0 Å². The zero-order valence-electron chi connectivity index (χ0n) is 16.7. The molecule has 0 N–H and O–H groups in total. The molecule has 8 heteroatoms. The molecule has 0 aliphatic carbocycles. The minimum Gasteiger partial charge on any atom is -0.371 e. The van der Waals surface area contributed by atoms with Crippen LogP contribution in [0.2, 0.25) is 0 Å². The van der Waals surface area contributed by atoms with Crippen LogP contribution in [0.4, 0.5) is 0 Å². The van der Waals surface area contributed by atoms with E-state index in [1.807, 2.05) is 37.3 Å². The largest absolute Gasteiger partial charge is 0.385 e. The summed E-state index contributed by atoms with van der Waals surface area (Å²) >= 11 is 0. The first-order valence-electron chi connectivity index (χ1n) is 9.24. The third-order valence-electron chi connectivity index (χ3n) is 4.49. The highest BCUT2D eigenvalue weighted by Crippen LogP contribution is 2.21. The van der Waals surface area contributed by atoms with Crippen molar-refractivity contribution in [2.75, 3.05) is 7.05 Å². The average Bonchev–Trinajstić information content (AvgIpc) is 2.70. The molecule has 0 radical (unpaired) electrons. The Bertz CT molecular complexity index is 1190. The van der Waals surface area contributed by atoms with Gasteiger partial charge in [-0.15, -0.1) is 0 Å². The van der Waals surface area contributed by atoms with Crippen LogP contribution < -0.4 is 4.18 Å². The van der Waals surface area contributed by atoms with E-state index in [4.69, 9.17) is 4.18 Å². The van der Waals surface area contributed by atoms with E-state index in [2.05, 4.69) is 0 Å². The maximum absolute atomic E-state index is 12.6. The maximum atomic E-state index is 12.6. The van der Waals surface area contributed by atoms with E-state index in [1.54, 1.807) is 36.4 Å². The highest BCUT2D eigenvalue weighted by atomic mass is 32.2. The van der Waals surface area contributed by atoms with E-state index in [9.17, 15) is 16.8 Å². The molecule has 0 aromatic heterocycles. The zero-order chi connectivity index (χ0) is 21.8. The van der Waals surface area contributed by atoms with Crippen molar-refractivity contribution in [3.05, 3.63) is 95.6 Å². The molecule has 0 saturated heterocycles. The molecule has 0 fully saturated rings. The van der Waals surface area contributed by atoms with Crippen LogP contribution in [0.3, 0.4) is 0 Å². The van der Waals surface area contributed by atoms with Crippen LogP contribution in [0.25, 0.3) is 0 Å². The van der Waals surface area contributed by atoms with Gasteiger partial charge in [0.15, 0.2) is 9.84 Å². The Balaban J connectivity index is 1.67. The molecule has 3 rings (SSSR count). The quantitative estimate of drug-likeness (QED) is 0.528. The van der Waals surface area contributed by atoms with Crippen LogP contribution in [0.1, 0.15) is 16.7 Å². The maximum Gasteiger partial charge on any atom is 0.385 e. The fourth-order valence-corrected chi connectivity index (χ4v) is 4.93. The highest BCUT2D eigenvalue weighted by molar-refractivity contribution is 7.90. The Labute approximate surface area is 177 Å². The van der Waals surface area contributed by atoms with Crippen molar-refractivity contribution in [1.82, 2.24) is 4.31 Å². The molecule has 0 unspecified atom stereocenters. The van der Waals surface area contributed by atoms with Crippen LogP contribution >= 0.6 is 0 Å². The summed E-state index contributed by atoms with van der Waals surface area (Å²) in [5.74, 6) is -0.0665. The summed E-state index contributed by atoms with van der Waals surface area (Å²) in [6.45, 7) is 2.07. The van der Waals surface area contributed by atoms with Gasteiger partial charge in [-0.2, -0.15) is 12.7 Å². The average molecular weight is 446 g/mol. The number of hydrogen-bond acceptors (Lipinski definition) is 5. The molecule has 0 aliphatic rings. The summed E-state index contributed by atoms with van der Waals surface area (Å²) in [4.78, 5) is 0.249. The van der Waals surface area contributed by atoms with Gasteiger partial charge in [0, 0.05) is 13.6 Å². The molecule has 158 valence electrons. The molecule has 0 aliphatic heterocycles. The molecule has 6 nitrogen and oxygen atoms in total. The van der Waals surface area contributed by atoms with Gasteiger partial charge in [-0.05, 0) is 42.3 Å². The third-order valence-corrected chi connectivity index (χ3v) is 7.49. The third kappa shape index (κ3) is 5.69. The number of hydrogen-bond donors (Lipinski definition) is 0. The summed E-state index contributed by atoms with van der Waals surface area (Å²) in [5, 5.41) is 0. The van der Waals surface area contributed by atoms with Gasteiger partial charge >= 0.3 is 10.3 Å². The van der Waals surface area contributed by atoms with Crippen LogP contribution in [0.5, 0.6) is 5.75 Å². The van der Waals surface area contributed by atoms with Crippen molar-refractivity contribution >= 4 is 20.1 Å². The van der Waals surface area contributed by atoms with Crippen LogP contribution in [0.15, 0.2) is 83.8 Å². The van der Waals surface area contributed by atoms with E-state index in [-0.39, 0.29) is 22.9 Å². The van der Waals surface area contributed by atoms with E-state index in [0.717, 1.165) is 15.4 Å². The zero-order valence-corrected chi connectivity index (χ0v) is 18.4. The molecule has 0 heterocycles. The monoisotopic (exact) mass is 445 g/mol. The number of benzene rings is 3. The van der Waals surface area contributed by atoms with E-state index in [1.165, 1.54) is 19.2 Å². The SMILES string of the molecule is Cc1ccc(S(=O)(=O)Cc2ccc(OS(=O)(=O)N(C)Cc3ccccc3)cc2)cc1. The summed E-state index contributed by atoms with van der Waals surface area (Å²) in [6, 6.07) is 21.8. The lowest BCUT2D eigenvalue weighted by Crippen LogP contribution is -2.30. The Kier molecular flexibility index (Phi) is 6.60. The Morgan fingerprint density at radius 2 is 1.37 bits per heavy atom. The predicted octanol–water partition coefficient (Wildman–Crippen LogP) is 3.72. The van der Waals surface area contributed by atoms with Gasteiger partial charge in [-0.25, -0.2) is 8.42 Å². The molecular formula is C22H23NO5S2. The number of rotatable bonds is 8. The van der Waals surface area contributed by atoms with Crippen molar-refractivity contribution in [2.45, 2.75) is 24.1 Å². The summed E-state index contributed by atoms with van der Waals surface area (Å²) in [7, 11) is -6.05. The lowest BCUT2D eigenvalue weighted by atomic mass is 10.2. The smallest absolute Gasteiger partial charge is 0.371 e. The molecule has 3 aromatic rings. The van der Waals surface area contributed by atoms with E-state index in [0.29, 0.717) is 5.56 Å². The number of aryl methyl sites for hydroxylation is 1. The summed E-state index contributed by atoms with van der Waals surface area (Å²) in [6.07, 6.45) is 0. The second-order valence-electron chi connectivity index (χ2n) is 7.00. The molecule has 30 heavy (non-hydrogen) atoms. The molecule has 0 saturated carbocycles. The van der Waals surface area contributed by atoms with Crippen LogP contribution in [-0.4, -0.2) is 28.2 Å². The molecule has 0 atom stereocenters.